The highest BCUT2D eigenvalue weighted by Gasteiger charge is 2.08. The number of hydrogen-bond donors (Lipinski definition) is 1. The van der Waals surface area contributed by atoms with Gasteiger partial charge in [-0.3, -0.25) is 0 Å². The van der Waals surface area contributed by atoms with E-state index < -0.39 is 0 Å². The summed E-state index contributed by atoms with van der Waals surface area (Å²) >= 11 is 0. The third-order valence-electron chi connectivity index (χ3n) is 3.66. The lowest BCUT2D eigenvalue weighted by molar-refractivity contribution is 0.379. The van der Waals surface area contributed by atoms with Gasteiger partial charge in [-0.1, -0.05) is 24.3 Å². The molecule has 0 aliphatic carbocycles. The maximum absolute atomic E-state index is 5.89. The number of ether oxygens (including phenoxy) is 2. The first-order chi connectivity index (χ1) is 11.3. The van der Waals surface area contributed by atoms with E-state index >= 15 is 0 Å². The molecule has 4 nitrogen and oxygen atoms in total. The van der Waals surface area contributed by atoms with Gasteiger partial charge in [-0.2, -0.15) is 0 Å². The highest BCUT2D eigenvalue weighted by atomic mass is 16.5. The summed E-state index contributed by atoms with van der Waals surface area (Å²) in [4.78, 5) is 2.16. The normalized spacial score (nSPS) is 13.7. The molecule has 0 amide bonds. The maximum atomic E-state index is 5.89. The predicted molar refractivity (Wildman–Crippen MR) is 93.1 cm³/mol. The summed E-state index contributed by atoms with van der Waals surface area (Å²) in [6, 6.07) is 15.6. The molecule has 1 heterocycles. The molecule has 2 aromatic carbocycles. The standard InChI is InChI=1S/C19H20N2O2/c1-22-18-6-2-3-7-19(18)23-17-10-8-16(9-11-17)21-12-4-5-15(13-20)14-21/h2-11,14H,12-13,20H2,1H3. The summed E-state index contributed by atoms with van der Waals surface area (Å²) in [5.41, 5.74) is 7.92. The highest BCUT2D eigenvalue weighted by Crippen LogP contribution is 2.32. The molecule has 0 radical (unpaired) electrons. The van der Waals surface area contributed by atoms with E-state index in [9.17, 15) is 0 Å². The van der Waals surface area contributed by atoms with Crippen LogP contribution in [-0.2, 0) is 0 Å². The lowest BCUT2D eigenvalue weighted by Gasteiger charge is -2.23. The summed E-state index contributed by atoms with van der Waals surface area (Å²) < 4.78 is 11.2. The quantitative estimate of drug-likeness (QED) is 0.915. The van der Waals surface area contributed by atoms with Crippen LogP contribution in [0.4, 0.5) is 5.69 Å². The lowest BCUT2D eigenvalue weighted by atomic mass is 10.2. The molecule has 0 atom stereocenters. The maximum Gasteiger partial charge on any atom is 0.169 e. The Morgan fingerprint density at radius 1 is 1.04 bits per heavy atom. The molecular weight excluding hydrogens is 288 g/mol. The third-order valence-corrected chi connectivity index (χ3v) is 3.66. The van der Waals surface area contributed by atoms with Gasteiger partial charge >= 0.3 is 0 Å². The minimum absolute atomic E-state index is 0.544. The van der Waals surface area contributed by atoms with Gasteiger partial charge in [0.25, 0.3) is 0 Å². The first kappa shape index (κ1) is 15.2. The van der Waals surface area contributed by atoms with Crippen LogP contribution < -0.4 is 20.1 Å². The monoisotopic (exact) mass is 308 g/mol. The van der Waals surface area contributed by atoms with E-state index in [1.54, 1.807) is 7.11 Å². The second kappa shape index (κ2) is 7.03. The molecular formula is C19H20N2O2. The second-order valence-corrected chi connectivity index (χ2v) is 5.21. The molecule has 118 valence electrons. The van der Waals surface area contributed by atoms with Gasteiger partial charge in [0.1, 0.15) is 5.75 Å². The Morgan fingerprint density at radius 2 is 1.78 bits per heavy atom. The van der Waals surface area contributed by atoms with E-state index in [4.69, 9.17) is 15.2 Å². The first-order valence-electron chi connectivity index (χ1n) is 7.55. The zero-order valence-corrected chi connectivity index (χ0v) is 13.1. The average molecular weight is 308 g/mol. The number of rotatable bonds is 5. The minimum Gasteiger partial charge on any atom is -0.493 e. The van der Waals surface area contributed by atoms with E-state index in [0.29, 0.717) is 18.0 Å². The van der Waals surface area contributed by atoms with E-state index in [-0.39, 0.29) is 0 Å². The van der Waals surface area contributed by atoms with Crippen molar-refractivity contribution >= 4 is 5.69 Å². The van der Waals surface area contributed by atoms with E-state index in [1.807, 2.05) is 48.5 Å². The Balaban J connectivity index is 1.75. The Hall–Kier alpha value is -2.72. The molecule has 0 saturated heterocycles. The van der Waals surface area contributed by atoms with Crippen molar-refractivity contribution < 1.29 is 9.47 Å². The number of anilines is 1. The molecule has 0 saturated carbocycles. The molecule has 1 aliphatic heterocycles. The lowest BCUT2D eigenvalue weighted by Crippen LogP contribution is -2.21. The molecule has 0 unspecified atom stereocenters. The van der Waals surface area contributed by atoms with Crippen molar-refractivity contribution in [3.63, 3.8) is 0 Å². The SMILES string of the molecule is COc1ccccc1Oc1ccc(N2C=C(CN)C=CC2)cc1. The van der Waals surface area contributed by atoms with Crippen molar-refractivity contribution in [1.29, 1.82) is 0 Å². The summed E-state index contributed by atoms with van der Waals surface area (Å²) in [5.74, 6) is 2.19. The van der Waals surface area contributed by atoms with Crippen molar-refractivity contribution in [1.82, 2.24) is 0 Å². The van der Waals surface area contributed by atoms with Crippen LogP contribution in [0.5, 0.6) is 17.2 Å². The van der Waals surface area contributed by atoms with Crippen LogP contribution in [0.1, 0.15) is 0 Å². The molecule has 4 heteroatoms. The Morgan fingerprint density at radius 3 is 2.48 bits per heavy atom. The fraction of sp³-hybridized carbons (Fsp3) is 0.158. The largest absolute Gasteiger partial charge is 0.493 e. The molecule has 3 rings (SSSR count). The zero-order valence-electron chi connectivity index (χ0n) is 13.1. The Bertz CT molecular complexity index is 720. The van der Waals surface area contributed by atoms with Crippen LogP contribution in [0, 0.1) is 0 Å². The van der Waals surface area contributed by atoms with Gasteiger partial charge in [0.2, 0.25) is 0 Å². The topological polar surface area (TPSA) is 47.7 Å². The molecule has 1 aliphatic rings. The number of benzene rings is 2. The van der Waals surface area contributed by atoms with Crippen LogP contribution in [-0.4, -0.2) is 20.2 Å². The van der Waals surface area contributed by atoms with E-state index in [2.05, 4.69) is 23.3 Å². The minimum atomic E-state index is 0.544. The number of nitrogens with zero attached hydrogens (tertiary/aromatic N) is 1. The van der Waals surface area contributed by atoms with Crippen LogP contribution >= 0.6 is 0 Å². The van der Waals surface area contributed by atoms with Gasteiger partial charge in [0.05, 0.1) is 7.11 Å². The Labute approximate surface area is 136 Å². The number of hydrogen-bond acceptors (Lipinski definition) is 4. The van der Waals surface area contributed by atoms with Crippen molar-refractivity contribution in [2.75, 3.05) is 25.1 Å². The number of para-hydroxylation sites is 2. The van der Waals surface area contributed by atoms with Gasteiger partial charge in [-0.25, -0.2) is 0 Å². The van der Waals surface area contributed by atoms with Crippen molar-refractivity contribution in [2.45, 2.75) is 0 Å². The van der Waals surface area contributed by atoms with Crippen LogP contribution in [0.2, 0.25) is 0 Å². The third kappa shape index (κ3) is 3.55. The van der Waals surface area contributed by atoms with Crippen molar-refractivity contribution in [3.05, 3.63) is 72.5 Å². The Kier molecular flexibility index (Phi) is 4.64. The molecule has 0 aromatic heterocycles. The molecule has 0 spiro atoms. The fourth-order valence-electron chi connectivity index (χ4n) is 2.45. The van der Waals surface area contributed by atoms with Gasteiger partial charge < -0.3 is 20.1 Å². The van der Waals surface area contributed by atoms with Crippen molar-refractivity contribution in [2.24, 2.45) is 5.73 Å². The van der Waals surface area contributed by atoms with Gasteiger partial charge in [-0.15, -0.1) is 0 Å². The summed E-state index contributed by atoms with van der Waals surface area (Å²) in [7, 11) is 1.64. The summed E-state index contributed by atoms with van der Waals surface area (Å²) in [5, 5.41) is 0. The number of nitrogens with two attached hydrogens (primary N) is 1. The van der Waals surface area contributed by atoms with Gasteiger partial charge in [0, 0.05) is 25.0 Å². The predicted octanol–water partition coefficient (Wildman–Crippen LogP) is 3.71. The van der Waals surface area contributed by atoms with Crippen molar-refractivity contribution in [3.8, 4) is 17.2 Å². The average Bonchev–Trinajstić information content (AvgIpc) is 2.63. The van der Waals surface area contributed by atoms with Crippen LogP contribution in [0.25, 0.3) is 0 Å². The van der Waals surface area contributed by atoms with E-state index in [0.717, 1.165) is 23.6 Å². The summed E-state index contributed by atoms with van der Waals surface area (Å²) in [6.45, 7) is 1.39. The molecule has 2 N–H and O–H groups in total. The first-order valence-corrected chi connectivity index (χ1v) is 7.55. The van der Waals surface area contributed by atoms with Crippen LogP contribution in [0.15, 0.2) is 72.5 Å². The smallest absolute Gasteiger partial charge is 0.169 e. The van der Waals surface area contributed by atoms with Gasteiger partial charge in [-0.05, 0) is 42.0 Å². The molecule has 0 bridgehead atoms. The zero-order chi connectivity index (χ0) is 16.1. The molecule has 0 fully saturated rings. The number of methoxy groups -OCH3 is 1. The van der Waals surface area contributed by atoms with Crippen LogP contribution in [0.3, 0.4) is 0 Å². The summed E-state index contributed by atoms with van der Waals surface area (Å²) in [6.07, 6.45) is 6.26. The highest BCUT2D eigenvalue weighted by molar-refractivity contribution is 5.55. The fourth-order valence-corrected chi connectivity index (χ4v) is 2.45. The van der Waals surface area contributed by atoms with E-state index in [1.165, 1.54) is 0 Å². The molecule has 23 heavy (non-hydrogen) atoms. The second-order valence-electron chi connectivity index (χ2n) is 5.21. The van der Waals surface area contributed by atoms with Gasteiger partial charge in [0.15, 0.2) is 11.5 Å². The molecule has 2 aromatic rings.